The second-order valence-corrected chi connectivity index (χ2v) is 3.80. The molecule has 2 atom stereocenters. The molecule has 1 aliphatic rings. The van der Waals surface area contributed by atoms with E-state index >= 15 is 0 Å². The van der Waals surface area contributed by atoms with Crippen LogP contribution in [0.5, 0.6) is 0 Å². The summed E-state index contributed by atoms with van der Waals surface area (Å²) < 4.78 is 5.60. The van der Waals surface area contributed by atoms with Gasteiger partial charge in [0.05, 0.1) is 12.4 Å². The Bertz CT molecular complexity index is 254. The molecule has 0 spiro atoms. The van der Waals surface area contributed by atoms with Crippen molar-refractivity contribution in [2.45, 2.75) is 38.5 Å². The zero-order valence-electron chi connectivity index (χ0n) is 8.49. The Hall–Kier alpha value is -0.870. The number of aromatic amines is 1. The fourth-order valence-corrected chi connectivity index (χ4v) is 1.78. The van der Waals surface area contributed by atoms with E-state index in [2.05, 4.69) is 22.2 Å². The molecule has 1 fully saturated rings. The maximum Gasteiger partial charge on any atom is 0.0922 e. The molecule has 0 aliphatic carbocycles. The predicted molar refractivity (Wildman–Crippen MR) is 53.9 cm³/mol. The summed E-state index contributed by atoms with van der Waals surface area (Å²) in [6.07, 6.45) is 6.30. The highest BCUT2D eigenvalue weighted by atomic mass is 16.5. The summed E-state index contributed by atoms with van der Waals surface area (Å²) in [6.45, 7) is 3.92. The van der Waals surface area contributed by atoms with Gasteiger partial charge in [-0.25, -0.2) is 4.98 Å². The summed E-state index contributed by atoms with van der Waals surface area (Å²) in [4.78, 5) is 7.04. The number of aromatic nitrogens is 2. The minimum absolute atomic E-state index is 0.387. The molecule has 14 heavy (non-hydrogen) atoms. The van der Waals surface area contributed by atoms with Gasteiger partial charge in [-0.15, -0.1) is 0 Å². The topological polar surface area (TPSA) is 49.9 Å². The number of hydrogen-bond acceptors (Lipinski definition) is 3. The van der Waals surface area contributed by atoms with Crippen LogP contribution >= 0.6 is 0 Å². The van der Waals surface area contributed by atoms with Gasteiger partial charge < -0.3 is 15.0 Å². The first kappa shape index (κ1) is 9.68. The molecule has 4 heteroatoms. The Morgan fingerprint density at radius 3 is 3.36 bits per heavy atom. The van der Waals surface area contributed by atoms with Crippen molar-refractivity contribution in [1.82, 2.24) is 15.3 Å². The van der Waals surface area contributed by atoms with Gasteiger partial charge >= 0.3 is 0 Å². The lowest BCUT2D eigenvalue weighted by molar-refractivity contribution is 0.0831. The Morgan fingerprint density at radius 1 is 1.79 bits per heavy atom. The van der Waals surface area contributed by atoms with E-state index in [0.717, 1.165) is 18.8 Å². The van der Waals surface area contributed by atoms with Crippen molar-refractivity contribution < 1.29 is 4.74 Å². The van der Waals surface area contributed by atoms with Gasteiger partial charge in [-0.05, 0) is 19.8 Å². The first-order chi connectivity index (χ1) is 6.86. The second kappa shape index (κ2) is 4.57. The zero-order valence-corrected chi connectivity index (χ0v) is 8.49. The molecular formula is C10H17N3O. The molecule has 2 N–H and O–H groups in total. The van der Waals surface area contributed by atoms with E-state index in [9.17, 15) is 0 Å². The van der Waals surface area contributed by atoms with E-state index < -0.39 is 0 Å². The van der Waals surface area contributed by atoms with Crippen molar-refractivity contribution in [2.75, 3.05) is 6.61 Å². The molecule has 1 aromatic rings. The van der Waals surface area contributed by atoms with Crippen molar-refractivity contribution in [1.29, 1.82) is 0 Å². The molecule has 0 radical (unpaired) electrons. The largest absolute Gasteiger partial charge is 0.377 e. The van der Waals surface area contributed by atoms with Crippen LogP contribution in [0.25, 0.3) is 0 Å². The van der Waals surface area contributed by atoms with Crippen LogP contribution in [0.4, 0.5) is 0 Å². The summed E-state index contributed by atoms with van der Waals surface area (Å²) in [6, 6.07) is 0.417. The Balaban J connectivity index is 1.74. The lowest BCUT2D eigenvalue weighted by Crippen LogP contribution is -2.36. The summed E-state index contributed by atoms with van der Waals surface area (Å²) >= 11 is 0. The SMILES string of the molecule is CC(NCc1cnc[nH]1)C1CCCO1. The van der Waals surface area contributed by atoms with Gasteiger partial charge in [0, 0.05) is 31.1 Å². The third-order valence-electron chi connectivity index (χ3n) is 2.69. The number of hydrogen-bond donors (Lipinski definition) is 2. The number of H-pyrrole nitrogens is 1. The van der Waals surface area contributed by atoms with Gasteiger partial charge in [0.25, 0.3) is 0 Å². The lowest BCUT2D eigenvalue weighted by atomic mass is 10.1. The number of nitrogens with zero attached hydrogens (tertiary/aromatic N) is 1. The average molecular weight is 195 g/mol. The second-order valence-electron chi connectivity index (χ2n) is 3.80. The van der Waals surface area contributed by atoms with Crippen LogP contribution in [0.2, 0.25) is 0 Å². The highest BCUT2D eigenvalue weighted by molar-refractivity contribution is 4.94. The van der Waals surface area contributed by atoms with Gasteiger partial charge in [-0.2, -0.15) is 0 Å². The molecule has 2 rings (SSSR count). The number of rotatable bonds is 4. The minimum Gasteiger partial charge on any atom is -0.377 e. The van der Waals surface area contributed by atoms with Crippen LogP contribution in [-0.2, 0) is 11.3 Å². The lowest BCUT2D eigenvalue weighted by Gasteiger charge is -2.19. The molecule has 0 aromatic carbocycles. The number of nitrogens with one attached hydrogen (secondary N) is 2. The first-order valence-corrected chi connectivity index (χ1v) is 5.18. The third-order valence-corrected chi connectivity index (χ3v) is 2.69. The maximum absolute atomic E-state index is 5.60. The quantitative estimate of drug-likeness (QED) is 0.755. The maximum atomic E-state index is 5.60. The van der Waals surface area contributed by atoms with E-state index in [1.807, 2.05) is 6.20 Å². The number of ether oxygens (including phenoxy) is 1. The van der Waals surface area contributed by atoms with Crippen molar-refractivity contribution in [2.24, 2.45) is 0 Å². The fraction of sp³-hybridized carbons (Fsp3) is 0.700. The molecule has 0 bridgehead atoms. The van der Waals surface area contributed by atoms with Crippen LogP contribution in [-0.4, -0.2) is 28.7 Å². The minimum atomic E-state index is 0.387. The van der Waals surface area contributed by atoms with Crippen molar-refractivity contribution in [3.05, 3.63) is 18.2 Å². The molecule has 1 aromatic heterocycles. The molecule has 1 saturated heterocycles. The van der Waals surface area contributed by atoms with Gasteiger partial charge in [-0.1, -0.05) is 0 Å². The van der Waals surface area contributed by atoms with Crippen molar-refractivity contribution in [3.8, 4) is 0 Å². The predicted octanol–water partition coefficient (Wildman–Crippen LogP) is 1.07. The van der Waals surface area contributed by atoms with Crippen LogP contribution in [0.15, 0.2) is 12.5 Å². The highest BCUT2D eigenvalue weighted by Crippen LogP contribution is 2.15. The first-order valence-electron chi connectivity index (χ1n) is 5.18. The van der Waals surface area contributed by atoms with Gasteiger partial charge in [0.15, 0.2) is 0 Å². The molecule has 2 heterocycles. The molecule has 0 amide bonds. The zero-order chi connectivity index (χ0) is 9.80. The summed E-state index contributed by atoms with van der Waals surface area (Å²) in [5.74, 6) is 0. The van der Waals surface area contributed by atoms with Gasteiger partial charge in [0.2, 0.25) is 0 Å². The molecule has 1 aliphatic heterocycles. The average Bonchev–Trinajstić information content (AvgIpc) is 2.87. The van der Waals surface area contributed by atoms with E-state index in [1.165, 1.54) is 12.8 Å². The van der Waals surface area contributed by atoms with Crippen molar-refractivity contribution >= 4 is 0 Å². The molecule has 4 nitrogen and oxygen atoms in total. The van der Waals surface area contributed by atoms with Gasteiger partial charge in [-0.3, -0.25) is 0 Å². The standard InChI is InChI=1S/C10H17N3O/c1-8(10-3-2-4-14-10)12-6-9-5-11-7-13-9/h5,7-8,10,12H,2-4,6H2,1H3,(H,11,13). The van der Waals surface area contributed by atoms with E-state index in [-0.39, 0.29) is 0 Å². The van der Waals surface area contributed by atoms with Crippen LogP contribution < -0.4 is 5.32 Å². The van der Waals surface area contributed by atoms with Crippen LogP contribution in [0.1, 0.15) is 25.5 Å². The summed E-state index contributed by atoms with van der Waals surface area (Å²) in [7, 11) is 0. The van der Waals surface area contributed by atoms with E-state index in [0.29, 0.717) is 12.1 Å². The van der Waals surface area contributed by atoms with Crippen LogP contribution in [0.3, 0.4) is 0 Å². The fourth-order valence-electron chi connectivity index (χ4n) is 1.78. The molecule has 0 saturated carbocycles. The highest BCUT2D eigenvalue weighted by Gasteiger charge is 2.21. The Labute approximate surface area is 84.1 Å². The third kappa shape index (κ3) is 2.33. The van der Waals surface area contributed by atoms with Crippen molar-refractivity contribution in [3.63, 3.8) is 0 Å². The van der Waals surface area contributed by atoms with Crippen LogP contribution in [0, 0.1) is 0 Å². The smallest absolute Gasteiger partial charge is 0.0922 e. The Kier molecular flexibility index (Phi) is 3.16. The number of imidazole rings is 1. The molecule has 2 unspecified atom stereocenters. The molecule has 78 valence electrons. The molecular weight excluding hydrogens is 178 g/mol. The summed E-state index contributed by atoms with van der Waals surface area (Å²) in [5.41, 5.74) is 1.12. The van der Waals surface area contributed by atoms with E-state index in [1.54, 1.807) is 6.33 Å². The van der Waals surface area contributed by atoms with Gasteiger partial charge in [0.1, 0.15) is 0 Å². The van der Waals surface area contributed by atoms with E-state index in [4.69, 9.17) is 4.74 Å². The Morgan fingerprint density at radius 2 is 2.71 bits per heavy atom. The summed E-state index contributed by atoms with van der Waals surface area (Å²) in [5, 5.41) is 3.43. The monoisotopic (exact) mass is 195 g/mol. The normalized spacial score (nSPS) is 23.9.